The van der Waals surface area contributed by atoms with E-state index in [0.29, 0.717) is 0 Å². The van der Waals surface area contributed by atoms with E-state index in [1.165, 1.54) is 0 Å². The van der Waals surface area contributed by atoms with Crippen molar-refractivity contribution >= 4 is 46.4 Å². The zero-order valence-electron chi connectivity index (χ0n) is 9.63. The summed E-state index contributed by atoms with van der Waals surface area (Å²) in [5.74, 6) is -5.29. The van der Waals surface area contributed by atoms with Crippen molar-refractivity contribution in [1.82, 2.24) is 9.97 Å². The summed E-state index contributed by atoms with van der Waals surface area (Å²) in [7, 11) is 0. The molecule has 10 heteroatoms. The highest BCUT2D eigenvalue weighted by Gasteiger charge is 2.23. The first-order valence-electron chi connectivity index (χ1n) is 5.11. The zero-order valence-corrected chi connectivity index (χ0v) is 12.6. The number of nitrogens with zero attached hydrogens (tertiary/aromatic N) is 2. The molecule has 0 spiro atoms. The molecule has 0 aliphatic heterocycles. The number of rotatable bonds is 2. The van der Waals surface area contributed by atoms with E-state index in [9.17, 15) is 17.6 Å². The standard InChI is InChI=1S/C11H2Cl4F4N2/c12-4-2(5(13)9(17)20-8(4)16)1-3-6(14)10(18)21-11(19)7(3)15/h1H2. The minimum Gasteiger partial charge on any atom is -0.188 e. The van der Waals surface area contributed by atoms with Crippen molar-refractivity contribution in [2.75, 3.05) is 0 Å². The van der Waals surface area contributed by atoms with E-state index in [-0.39, 0.29) is 11.1 Å². The van der Waals surface area contributed by atoms with Crippen LogP contribution in [0.4, 0.5) is 17.6 Å². The summed E-state index contributed by atoms with van der Waals surface area (Å²) < 4.78 is 53.3. The molecule has 0 unspecified atom stereocenters. The van der Waals surface area contributed by atoms with E-state index >= 15 is 0 Å². The maximum atomic E-state index is 13.3. The van der Waals surface area contributed by atoms with E-state index in [1.807, 2.05) is 0 Å². The lowest BCUT2D eigenvalue weighted by molar-refractivity contribution is 0.508. The summed E-state index contributed by atoms with van der Waals surface area (Å²) >= 11 is 22.5. The van der Waals surface area contributed by atoms with E-state index in [1.54, 1.807) is 0 Å². The van der Waals surface area contributed by atoms with E-state index < -0.39 is 50.3 Å². The molecular weight excluding hydrogens is 378 g/mol. The molecule has 0 aliphatic rings. The molecular formula is C11H2Cl4F4N2. The van der Waals surface area contributed by atoms with Gasteiger partial charge in [0.05, 0.1) is 0 Å². The van der Waals surface area contributed by atoms with Crippen molar-refractivity contribution in [1.29, 1.82) is 0 Å². The first-order valence-corrected chi connectivity index (χ1v) is 6.63. The zero-order chi connectivity index (χ0) is 15.9. The Morgan fingerprint density at radius 1 is 0.571 bits per heavy atom. The highest BCUT2D eigenvalue weighted by molar-refractivity contribution is 6.37. The molecule has 21 heavy (non-hydrogen) atoms. The van der Waals surface area contributed by atoms with Gasteiger partial charge >= 0.3 is 0 Å². The second-order valence-electron chi connectivity index (χ2n) is 3.78. The Labute approximate surface area is 135 Å². The molecule has 2 rings (SSSR count). The minimum atomic E-state index is -1.32. The maximum absolute atomic E-state index is 13.3. The van der Waals surface area contributed by atoms with Gasteiger partial charge in [-0.3, -0.25) is 0 Å². The third-order valence-corrected chi connectivity index (χ3v) is 4.07. The SMILES string of the molecule is Fc1nc(F)c(Cl)c(Cc2c(Cl)c(F)nc(F)c2Cl)c1Cl. The molecule has 0 aromatic carbocycles. The third-order valence-electron chi connectivity index (χ3n) is 2.53. The summed E-state index contributed by atoms with van der Waals surface area (Å²) in [4.78, 5) is 5.66. The molecule has 0 saturated carbocycles. The van der Waals surface area contributed by atoms with Crippen molar-refractivity contribution in [2.45, 2.75) is 6.42 Å². The average molecular weight is 380 g/mol. The topological polar surface area (TPSA) is 25.8 Å². The Balaban J connectivity index is 2.64. The van der Waals surface area contributed by atoms with Crippen LogP contribution in [0.15, 0.2) is 0 Å². The molecule has 2 heterocycles. The van der Waals surface area contributed by atoms with E-state index in [4.69, 9.17) is 46.4 Å². The van der Waals surface area contributed by atoms with Gasteiger partial charge in [-0.25, -0.2) is 0 Å². The predicted octanol–water partition coefficient (Wildman–Crippen LogP) is 5.24. The fraction of sp³-hybridized carbons (Fsp3) is 0.0909. The Morgan fingerprint density at radius 2 is 0.810 bits per heavy atom. The van der Waals surface area contributed by atoms with Crippen molar-refractivity contribution in [3.05, 3.63) is 55.0 Å². The van der Waals surface area contributed by atoms with Crippen molar-refractivity contribution in [3.63, 3.8) is 0 Å². The van der Waals surface area contributed by atoms with Crippen molar-refractivity contribution in [3.8, 4) is 0 Å². The van der Waals surface area contributed by atoms with Gasteiger partial charge in [0.15, 0.2) is 0 Å². The molecule has 0 fully saturated rings. The molecule has 2 aromatic heterocycles. The van der Waals surface area contributed by atoms with E-state index in [0.717, 1.165) is 0 Å². The van der Waals surface area contributed by atoms with Crippen LogP contribution in [0.3, 0.4) is 0 Å². The molecule has 0 radical (unpaired) electrons. The van der Waals surface area contributed by atoms with Crippen LogP contribution in [0.25, 0.3) is 0 Å². The molecule has 2 nitrogen and oxygen atoms in total. The Hall–Kier alpha value is -0.820. The Bertz CT molecular complexity index is 625. The van der Waals surface area contributed by atoms with Gasteiger partial charge in [-0.05, 0) is 0 Å². The van der Waals surface area contributed by atoms with Crippen LogP contribution in [0.1, 0.15) is 11.1 Å². The molecule has 0 atom stereocenters. The fourth-order valence-corrected chi connectivity index (χ4v) is 2.46. The molecule has 0 N–H and O–H groups in total. The monoisotopic (exact) mass is 378 g/mol. The summed E-state index contributed by atoms with van der Waals surface area (Å²) in [6.45, 7) is 0. The average Bonchev–Trinajstić information content (AvgIpc) is 2.42. The van der Waals surface area contributed by atoms with Crippen LogP contribution >= 0.6 is 46.4 Å². The third kappa shape index (κ3) is 3.04. The van der Waals surface area contributed by atoms with Gasteiger partial charge in [-0.1, -0.05) is 46.4 Å². The summed E-state index contributed by atoms with van der Waals surface area (Å²) in [5.41, 5.74) is -0.589. The van der Waals surface area contributed by atoms with E-state index in [2.05, 4.69) is 9.97 Å². The lowest BCUT2D eigenvalue weighted by Crippen LogP contribution is -2.04. The number of halogens is 8. The highest BCUT2D eigenvalue weighted by atomic mass is 35.5. The number of pyridine rings is 2. The van der Waals surface area contributed by atoms with Gasteiger partial charge in [0, 0.05) is 17.5 Å². The van der Waals surface area contributed by atoms with Crippen molar-refractivity contribution < 1.29 is 17.6 Å². The lowest BCUT2D eigenvalue weighted by Gasteiger charge is -2.11. The smallest absolute Gasteiger partial charge is 0.188 e. The summed E-state index contributed by atoms with van der Waals surface area (Å²) in [6, 6.07) is 0. The van der Waals surface area contributed by atoms with Crippen LogP contribution in [0, 0.1) is 23.8 Å². The number of hydrogen-bond acceptors (Lipinski definition) is 2. The fourth-order valence-electron chi connectivity index (χ4n) is 1.55. The van der Waals surface area contributed by atoms with Crippen LogP contribution in [0.2, 0.25) is 20.1 Å². The minimum absolute atomic E-state index is 0.294. The highest BCUT2D eigenvalue weighted by Crippen LogP contribution is 2.35. The van der Waals surface area contributed by atoms with Crippen LogP contribution in [-0.2, 0) is 6.42 Å². The lowest BCUT2D eigenvalue weighted by atomic mass is 10.1. The van der Waals surface area contributed by atoms with Crippen molar-refractivity contribution in [2.24, 2.45) is 0 Å². The molecule has 0 amide bonds. The van der Waals surface area contributed by atoms with Gasteiger partial charge in [-0.15, -0.1) is 0 Å². The molecule has 0 bridgehead atoms. The van der Waals surface area contributed by atoms with Gasteiger partial charge in [0.2, 0.25) is 23.8 Å². The van der Waals surface area contributed by atoms with Gasteiger partial charge in [0.1, 0.15) is 20.1 Å². The number of aromatic nitrogens is 2. The van der Waals surface area contributed by atoms with Gasteiger partial charge < -0.3 is 0 Å². The Kier molecular flexibility index (Phi) is 4.82. The first kappa shape index (κ1) is 16.5. The summed E-state index contributed by atoms with van der Waals surface area (Å²) in [6.07, 6.45) is -0.512. The largest absolute Gasteiger partial charge is 0.234 e. The van der Waals surface area contributed by atoms with Gasteiger partial charge in [-0.2, -0.15) is 27.5 Å². The maximum Gasteiger partial charge on any atom is 0.234 e. The molecule has 112 valence electrons. The molecule has 0 saturated heterocycles. The predicted molar refractivity (Wildman–Crippen MR) is 71.2 cm³/mol. The van der Waals surface area contributed by atoms with Crippen LogP contribution < -0.4 is 0 Å². The van der Waals surface area contributed by atoms with Crippen LogP contribution in [0.5, 0.6) is 0 Å². The number of hydrogen-bond donors (Lipinski definition) is 0. The second kappa shape index (κ2) is 6.12. The second-order valence-corrected chi connectivity index (χ2v) is 5.29. The van der Waals surface area contributed by atoms with Crippen LogP contribution in [-0.4, -0.2) is 9.97 Å². The Morgan fingerprint density at radius 3 is 1.05 bits per heavy atom. The summed E-state index contributed by atoms with van der Waals surface area (Å²) in [5, 5.41) is -2.42. The van der Waals surface area contributed by atoms with Gasteiger partial charge in [0.25, 0.3) is 0 Å². The molecule has 0 aliphatic carbocycles. The quantitative estimate of drug-likeness (QED) is 0.527. The molecule has 2 aromatic rings. The first-order chi connectivity index (χ1) is 9.73. The normalized spacial score (nSPS) is 11.0.